The van der Waals surface area contributed by atoms with E-state index in [9.17, 15) is 18.0 Å². The minimum atomic E-state index is -2.94. The van der Waals surface area contributed by atoms with Crippen molar-refractivity contribution in [3.05, 3.63) is 28.3 Å². The smallest absolute Gasteiger partial charge is 0.310 e. The van der Waals surface area contributed by atoms with E-state index < -0.39 is 35.5 Å². The second-order valence-electron chi connectivity index (χ2n) is 2.86. The van der Waals surface area contributed by atoms with Crippen molar-refractivity contribution < 1.29 is 22.7 Å². The molecule has 1 aromatic rings. The molecular weight excluding hydrogens is 247 g/mol. The average molecular weight is 254 g/mol. The molecular formula is C9H7ClF3NO2. The van der Waals surface area contributed by atoms with Crippen LogP contribution in [0.25, 0.3) is 0 Å². The Balaban J connectivity index is 3.19. The Hall–Kier alpha value is -1.30. The summed E-state index contributed by atoms with van der Waals surface area (Å²) in [7, 11) is 1.11. The van der Waals surface area contributed by atoms with Crippen molar-refractivity contribution in [2.75, 3.05) is 7.11 Å². The lowest BCUT2D eigenvalue weighted by Gasteiger charge is -2.09. The van der Waals surface area contributed by atoms with E-state index in [1.54, 1.807) is 0 Å². The van der Waals surface area contributed by atoms with Gasteiger partial charge in [-0.15, -0.1) is 0 Å². The molecule has 3 nitrogen and oxygen atoms in total. The number of alkyl halides is 2. The molecule has 1 rings (SSSR count). The molecule has 88 valence electrons. The Kier molecular flexibility index (Phi) is 4.12. The molecule has 0 atom stereocenters. The topological polar surface area (TPSA) is 39.2 Å². The summed E-state index contributed by atoms with van der Waals surface area (Å²) in [6, 6.07) is 0.550. The lowest BCUT2D eigenvalue weighted by Crippen LogP contribution is -2.09. The molecule has 16 heavy (non-hydrogen) atoms. The molecule has 0 aliphatic heterocycles. The zero-order valence-electron chi connectivity index (χ0n) is 8.14. The van der Waals surface area contributed by atoms with E-state index >= 15 is 0 Å². The molecule has 0 radical (unpaired) electrons. The van der Waals surface area contributed by atoms with Crippen LogP contribution in [0.2, 0.25) is 5.15 Å². The highest BCUT2D eigenvalue weighted by Gasteiger charge is 2.21. The molecule has 0 bridgehead atoms. The number of ether oxygens (including phenoxy) is 1. The first-order valence-electron chi connectivity index (χ1n) is 4.15. The highest BCUT2D eigenvalue weighted by atomic mass is 35.5. The zero-order valence-corrected chi connectivity index (χ0v) is 8.89. The third-order valence-corrected chi connectivity index (χ3v) is 2.17. The molecule has 0 spiro atoms. The van der Waals surface area contributed by atoms with Crippen LogP contribution in [0.15, 0.2) is 6.07 Å². The fourth-order valence-electron chi connectivity index (χ4n) is 1.11. The van der Waals surface area contributed by atoms with Crippen LogP contribution >= 0.6 is 11.6 Å². The molecule has 0 fully saturated rings. The van der Waals surface area contributed by atoms with E-state index in [0.29, 0.717) is 6.07 Å². The second-order valence-corrected chi connectivity index (χ2v) is 3.22. The van der Waals surface area contributed by atoms with Crippen molar-refractivity contribution in [3.63, 3.8) is 0 Å². The third kappa shape index (κ3) is 2.85. The van der Waals surface area contributed by atoms with E-state index in [1.165, 1.54) is 0 Å². The fraction of sp³-hybridized carbons (Fsp3) is 0.333. The van der Waals surface area contributed by atoms with E-state index in [-0.39, 0.29) is 5.56 Å². The monoisotopic (exact) mass is 253 g/mol. The van der Waals surface area contributed by atoms with Crippen LogP contribution in [0.4, 0.5) is 13.2 Å². The third-order valence-electron chi connectivity index (χ3n) is 1.86. The molecule has 0 N–H and O–H groups in total. The van der Waals surface area contributed by atoms with Gasteiger partial charge in [-0.25, -0.2) is 13.8 Å². The number of hydrogen-bond donors (Lipinski definition) is 0. The Bertz CT molecular complexity index is 412. The molecule has 0 saturated carbocycles. The van der Waals surface area contributed by atoms with Crippen LogP contribution in [-0.2, 0) is 16.0 Å². The number of rotatable bonds is 3. The number of esters is 1. The number of carbonyl (C=O) groups excluding carboxylic acids is 1. The van der Waals surface area contributed by atoms with Crippen LogP contribution in [-0.4, -0.2) is 18.1 Å². The van der Waals surface area contributed by atoms with Crippen LogP contribution in [0.5, 0.6) is 0 Å². The molecule has 0 aliphatic carbocycles. The number of aromatic nitrogens is 1. The summed E-state index contributed by atoms with van der Waals surface area (Å²) in [5, 5.41) is -0.458. The molecule has 7 heteroatoms. The van der Waals surface area contributed by atoms with Crippen LogP contribution in [0.3, 0.4) is 0 Å². The van der Waals surface area contributed by atoms with Gasteiger partial charge >= 0.3 is 5.97 Å². The highest BCUT2D eigenvalue weighted by molar-refractivity contribution is 6.30. The molecule has 1 heterocycles. The molecule has 0 unspecified atom stereocenters. The minimum Gasteiger partial charge on any atom is -0.469 e. The van der Waals surface area contributed by atoms with E-state index in [2.05, 4.69) is 9.72 Å². The Morgan fingerprint density at radius 2 is 2.25 bits per heavy atom. The summed E-state index contributed by atoms with van der Waals surface area (Å²) in [4.78, 5) is 14.1. The first kappa shape index (κ1) is 12.8. The summed E-state index contributed by atoms with van der Waals surface area (Å²) in [5.41, 5.74) is -0.868. The molecule has 1 aromatic heterocycles. The lowest BCUT2D eigenvalue weighted by atomic mass is 10.1. The largest absolute Gasteiger partial charge is 0.469 e. The fourth-order valence-corrected chi connectivity index (χ4v) is 1.37. The quantitative estimate of drug-likeness (QED) is 0.614. The lowest BCUT2D eigenvalue weighted by molar-refractivity contribution is -0.139. The summed E-state index contributed by atoms with van der Waals surface area (Å²) >= 11 is 5.49. The van der Waals surface area contributed by atoms with Gasteiger partial charge < -0.3 is 4.74 Å². The van der Waals surface area contributed by atoms with Crippen LogP contribution in [0.1, 0.15) is 17.6 Å². The molecule has 0 aliphatic rings. The van der Waals surface area contributed by atoms with Gasteiger partial charge in [-0.3, -0.25) is 4.79 Å². The summed E-state index contributed by atoms with van der Waals surface area (Å²) in [6.45, 7) is 0. The maximum absolute atomic E-state index is 12.7. The van der Waals surface area contributed by atoms with Gasteiger partial charge in [0.25, 0.3) is 6.43 Å². The van der Waals surface area contributed by atoms with Gasteiger partial charge in [-0.1, -0.05) is 11.6 Å². The van der Waals surface area contributed by atoms with Crippen molar-refractivity contribution in [1.29, 1.82) is 0 Å². The number of carbonyl (C=O) groups is 1. The van der Waals surface area contributed by atoms with Crippen LogP contribution in [0, 0.1) is 5.95 Å². The number of hydrogen-bond acceptors (Lipinski definition) is 3. The van der Waals surface area contributed by atoms with E-state index in [0.717, 1.165) is 7.11 Å². The predicted octanol–water partition coefficient (Wildman–Crippen LogP) is 2.53. The maximum atomic E-state index is 12.7. The number of halogens is 4. The SMILES string of the molecule is COC(=O)Cc1c(C(F)F)cc(F)nc1Cl. The van der Waals surface area contributed by atoms with E-state index in [4.69, 9.17) is 11.6 Å². The normalized spacial score (nSPS) is 10.6. The van der Waals surface area contributed by atoms with Gasteiger partial charge in [0.2, 0.25) is 5.95 Å². The van der Waals surface area contributed by atoms with Gasteiger partial charge in [0.1, 0.15) is 5.15 Å². The number of pyridine rings is 1. The molecule has 0 amide bonds. The van der Waals surface area contributed by atoms with E-state index in [1.807, 2.05) is 0 Å². The maximum Gasteiger partial charge on any atom is 0.310 e. The van der Waals surface area contributed by atoms with Gasteiger partial charge in [0.15, 0.2) is 0 Å². The zero-order chi connectivity index (χ0) is 12.3. The standard InChI is InChI=1S/C9H7ClF3NO2/c1-16-7(15)3-4-5(9(12)13)2-6(11)14-8(4)10/h2,9H,3H2,1H3. The van der Waals surface area contributed by atoms with Gasteiger partial charge in [0, 0.05) is 17.2 Å². The van der Waals surface area contributed by atoms with Crippen molar-refractivity contribution in [2.24, 2.45) is 0 Å². The summed E-state index contributed by atoms with van der Waals surface area (Å²) < 4.78 is 42.1. The van der Waals surface area contributed by atoms with Crippen molar-refractivity contribution >= 4 is 17.6 Å². The van der Waals surface area contributed by atoms with Crippen molar-refractivity contribution in [3.8, 4) is 0 Å². The molecule has 0 aromatic carbocycles. The van der Waals surface area contributed by atoms with Crippen molar-refractivity contribution in [2.45, 2.75) is 12.8 Å². The highest BCUT2D eigenvalue weighted by Crippen LogP contribution is 2.28. The Morgan fingerprint density at radius 3 is 2.75 bits per heavy atom. The van der Waals surface area contributed by atoms with Gasteiger partial charge in [0.05, 0.1) is 13.5 Å². The van der Waals surface area contributed by atoms with Gasteiger partial charge in [-0.05, 0) is 0 Å². The summed E-state index contributed by atoms with van der Waals surface area (Å²) in [6.07, 6.45) is -3.41. The Morgan fingerprint density at radius 1 is 1.62 bits per heavy atom. The minimum absolute atomic E-state index is 0.218. The average Bonchev–Trinajstić information content (AvgIpc) is 2.20. The number of nitrogens with zero attached hydrogens (tertiary/aromatic N) is 1. The Labute approximate surface area is 94.2 Å². The number of methoxy groups -OCH3 is 1. The van der Waals surface area contributed by atoms with Crippen LogP contribution < -0.4 is 0 Å². The van der Waals surface area contributed by atoms with Gasteiger partial charge in [-0.2, -0.15) is 4.39 Å². The second kappa shape index (κ2) is 5.16. The predicted molar refractivity (Wildman–Crippen MR) is 49.9 cm³/mol. The first-order chi connectivity index (χ1) is 7.45. The molecule has 0 saturated heterocycles. The van der Waals surface area contributed by atoms with Crippen molar-refractivity contribution in [1.82, 2.24) is 4.98 Å². The first-order valence-corrected chi connectivity index (χ1v) is 4.53. The summed E-state index contributed by atoms with van der Waals surface area (Å²) in [5.74, 6) is -1.87.